The average molecular weight is 311 g/mol. The van der Waals surface area contributed by atoms with Crippen molar-refractivity contribution < 1.29 is 19.5 Å². The first-order valence-corrected chi connectivity index (χ1v) is 7.45. The summed E-state index contributed by atoms with van der Waals surface area (Å²) in [5.74, 6) is -1.75. The van der Waals surface area contributed by atoms with Crippen LogP contribution in [0.4, 0.5) is 0 Å². The van der Waals surface area contributed by atoms with Gasteiger partial charge in [0.15, 0.2) is 0 Å². The summed E-state index contributed by atoms with van der Waals surface area (Å²) in [5.41, 5.74) is 0. The van der Waals surface area contributed by atoms with E-state index in [1.165, 1.54) is 6.92 Å². The molecule has 0 rings (SSSR count). The number of carbonyl (C=O) groups excluding carboxylic acids is 2. The van der Waals surface area contributed by atoms with E-state index in [4.69, 9.17) is 10.4 Å². The molecule has 3 N–H and O–H groups in total. The molecule has 7 nitrogen and oxygen atoms in total. The predicted octanol–water partition coefficient (Wildman–Crippen LogP) is 1.19. The van der Waals surface area contributed by atoms with Gasteiger partial charge in [0.05, 0.1) is 6.07 Å². The van der Waals surface area contributed by atoms with E-state index in [0.29, 0.717) is 25.7 Å². The topological polar surface area (TPSA) is 119 Å². The van der Waals surface area contributed by atoms with Gasteiger partial charge in [-0.05, 0) is 31.6 Å². The minimum absolute atomic E-state index is 0.182. The summed E-state index contributed by atoms with van der Waals surface area (Å²) in [6.45, 7) is 5.15. The summed E-state index contributed by atoms with van der Waals surface area (Å²) in [6, 6.07) is 0.248. The van der Waals surface area contributed by atoms with Gasteiger partial charge >= 0.3 is 5.97 Å². The van der Waals surface area contributed by atoms with Crippen LogP contribution in [0, 0.1) is 17.2 Å². The molecule has 0 unspecified atom stereocenters. The maximum atomic E-state index is 12.2. The molecule has 0 heterocycles. The molecule has 0 aliphatic heterocycles. The Bertz CT molecular complexity index is 429. The monoisotopic (exact) mass is 311 g/mol. The molecule has 0 aliphatic carbocycles. The van der Waals surface area contributed by atoms with Crippen molar-refractivity contribution in [3.05, 3.63) is 0 Å². The molecule has 0 aromatic heterocycles. The lowest BCUT2D eigenvalue weighted by molar-refractivity contribution is -0.142. The summed E-state index contributed by atoms with van der Waals surface area (Å²) in [4.78, 5) is 34.5. The highest BCUT2D eigenvalue weighted by molar-refractivity contribution is 5.89. The van der Waals surface area contributed by atoms with Gasteiger partial charge in [-0.1, -0.05) is 13.8 Å². The Morgan fingerprint density at radius 2 is 1.77 bits per heavy atom. The van der Waals surface area contributed by atoms with E-state index in [2.05, 4.69) is 10.6 Å². The normalized spacial score (nSPS) is 13.0. The summed E-state index contributed by atoms with van der Waals surface area (Å²) < 4.78 is 0. The minimum Gasteiger partial charge on any atom is -0.480 e. The molecule has 22 heavy (non-hydrogen) atoms. The van der Waals surface area contributed by atoms with Crippen LogP contribution in [-0.4, -0.2) is 35.0 Å². The zero-order chi connectivity index (χ0) is 17.1. The smallest absolute Gasteiger partial charge is 0.326 e. The number of carboxylic acid groups (broad SMARTS) is 1. The Morgan fingerprint density at radius 3 is 2.23 bits per heavy atom. The van der Waals surface area contributed by atoms with Gasteiger partial charge in [0, 0.05) is 13.3 Å². The van der Waals surface area contributed by atoms with E-state index in [0.717, 1.165) is 0 Å². The zero-order valence-electron chi connectivity index (χ0n) is 13.4. The second kappa shape index (κ2) is 10.6. The predicted molar refractivity (Wildman–Crippen MR) is 80.7 cm³/mol. The molecule has 0 aromatic rings. The third kappa shape index (κ3) is 8.95. The lowest BCUT2D eigenvalue weighted by atomic mass is 10.0. The minimum atomic E-state index is -1.11. The zero-order valence-corrected chi connectivity index (χ0v) is 13.4. The van der Waals surface area contributed by atoms with E-state index in [-0.39, 0.29) is 18.2 Å². The van der Waals surface area contributed by atoms with Crippen molar-refractivity contribution in [1.82, 2.24) is 10.6 Å². The van der Waals surface area contributed by atoms with Gasteiger partial charge in [-0.3, -0.25) is 9.59 Å². The van der Waals surface area contributed by atoms with E-state index in [9.17, 15) is 14.4 Å². The number of nitriles is 1. The summed E-state index contributed by atoms with van der Waals surface area (Å²) in [7, 11) is 0. The first kappa shape index (κ1) is 19.9. The summed E-state index contributed by atoms with van der Waals surface area (Å²) in [5, 5.41) is 22.6. The van der Waals surface area contributed by atoms with Gasteiger partial charge < -0.3 is 15.7 Å². The van der Waals surface area contributed by atoms with E-state index >= 15 is 0 Å². The maximum absolute atomic E-state index is 12.2. The van der Waals surface area contributed by atoms with Crippen molar-refractivity contribution in [2.45, 2.75) is 65.0 Å². The van der Waals surface area contributed by atoms with Crippen LogP contribution < -0.4 is 10.6 Å². The lowest BCUT2D eigenvalue weighted by Crippen LogP contribution is -2.51. The Morgan fingerprint density at radius 1 is 1.14 bits per heavy atom. The number of carbonyl (C=O) groups is 3. The van der Waals surface area contributed by atoms with Crippen LogP contribution in [0.1, 0.15) is 52.9 Å². The number of hydrogen-bond donors (Lipinski definition) is 3. The molecule has 2 amide bonds. The Balaban J connectivity index is 4.64. The van der Waals surface area contributed by atoms with Crippen LogP contribution in [0.5, 0.6) is 0 Å². The third-order valence-corrected chi connectivity index (χ3v) is 3.05. The molecule has 0 spiro atoms. The van der Waals surface area contributed by atoms with Crippen LogP contribution in [0.2, 0.25) is 0 Å². The number of aliphatic carboxylic acids is 1. The van der Waals surface area contributed by atoms with Crippen molar-refractivity contribution >= 4 is 17.8 Å². The second-order valence-electron chi connectivity index (χ2n) is 5.69. The van der Waals surface area contributed by atoms with Gasteiger partial charge in [0.25, 0.3) is 0 Å². The Hall–Kier alpha value is -2.10. The van der Waals surface area contributed by atoms with Gasteiger partial charge in [-0.15, -0.1) is 0 Å². The van der Waals surface area contributed by atoms with Crippen molar-refractivity contribution in [1.29, 1.82) is 5.26 Å². The van der Waals surface area contributed by atoms with E-state index < -0.39 is 24.0 Å². The summed E-state index contributed by atoms with van der Waals surface area (Å²) in [6.07, 6.45) is 2.20. The number of unbranched alkanes of at least 4 members (excludes halogenated alkanes) is 2. The number of rotatable bonds is 10. The number of hydrogen-bond acceptors (Lipinski definition) is 4. The highest BCUT2D eigenvalue weighted by atomic mass is 16.4. The first-order chi connectivity index (χ1) is 10.3. The van der Waals surface area contributed by atoms with Crippen molar-refractivity contribution in [2.75, 3.05) is 0 Å². The molecule has 124 valence electrons. The van der Waals surface area contributed by atoms with Crippen LogP contribution in [0.25, 0.3) is 0 Å². The lowest BCUT2D eigenvalue weighted by Gasteiger charge is -2.22. The molecule has 7 heteroatoms. The maximum Gasteiger partial charge on any atom is 0.326 e. The fraction of sp³-hybridized carbons (Fsp3) is 0.733. The van der Waals surface area contributed by atoms with Crippen LogP contribution in [-0.2, 0) is 14.4 Å². The fourth-order valence-electron chi connectivity index (χ4n) is 2.03. The number of nitrogens with one attached hydrogen (secondary N) is 2. The van der Waals surface area contributed by atoms with Crippen molar-refractivity contribution in [3.63, 3.8) is 0 Å². The molecular weight excluding hydrogens is 286 g/mol. The average Bonchev–Trinajstić information content (AvgIpc) is 2.39. The number of amides is 2. The highest BCUT2D eigenvalue weighted by Crippen LogP contribution is 2.08. The van der Waals surface area contributed by atoms with Gasteiger partial charge in [-0.2, -0.15) is 5.26 Å². The van der Waals surface area contributed by atoms with Crippen LogP contribution in [0.3, 0.4) is 0 Å². The van der Waals surface area contributed by atoms with Gasteiger partial charge in [0.2, 0.25) is 11.8 Å². The largest absolute Gasteiger partial charge is 0.480 e. The van der Waals surface area contributed by atoms with Crippen LogP contribution >= 0.6 is 0 Å². The van der Waals surface area contributed by atoms with E-state index in [1.54, 1.807) is 0 Å². The van der Waals surface area contributed by atoms with Crippen molar-refractivity contribution in [3.8, 4) is 6.07 Å². The molecule has 0 aliphatic rings. The molecule has 0 bridgehead atoms. The summed E-state index contributed by atoms with van der Waals surface area (Å²) >= 11 is 0. The molecule has 0 aromatic carbocycles. The van der Waals surface area contributed by atoms with Gasteiger partial charge in [0.1, 0.15) is 12.1 Å². The molecule has 0 saturated heterocycles. The molecule has 0 radical (unpaired) electrons. The molecule has 0 fully saturated rings. The Kier molecular flexibility index (Phi) is 9.59. The number of carboxylic acids is 1. The van der Waals surface area contributed by atoms with E-state index in [1.807, 2.05) is 19.9 Å². The number of nitrogens with zero attached hydrogens (tertiary/aromatic N) is 1. The highest BCUT2D eigenvalue weighted by Gasteiger charge is 2.26. The SMILES string of the molecule is CC(=O)N[C@@H](CC(C)C)C(=O)N[C@H](CCCCC#N)C(=O)O. The second-order valence-corrected chi connectivity index (χ2v) is 5.69. The molecule has 2 atom stereocenters. The molecule has 0 saturated carbocycles. The first-order valence-electron chi connectivity index (χ1n) is 7.45. The fourth-order valence-corrected chi connectivity index (χ4v) is 2.03. The molecular formula is C15H25N3O4. The van der Waals surface area contributed by atoms with Gasteiger partial charge in [-0.25, -0.2) is 4.79 Å². The quantitative estimate of drug-likeness (QED) is 0.523. The Labute approximate surface area is 131 Å². The standard InChI is InChI=1S/C15H25N3O4/c1-10(2)9-13(17-11(3)19)14(20)18-12(15(21)22)7-5-4-6-8-16/h10,12-13H,4-7,9H2,1-3H3,(H,17,19)(H,18,20)(H,21,22)/t12-,13+/m1/s1. The third-order valence-electron chi connectivity index (χ3n) is 3.05. The van der Waals surface area contributed by atoms with Crippen LogP contribution in [0.15, 0.2) is 0 Å². The van der Waals surface area contributed by atoms with Crippen molar-refractivity contribution in [2.24, 2.45) is 5.92 Å².